The lowest BCUT2D eigenvalue weighted by Gasteiger charge is -2.25. The molecule has 106 valence electrons. The van der Waals surface area contributed by atoms with Gasteiger partial charge >= 0.3 is 6.18 Å². The third kappa shape index (κ3) is 2.38. The van der Waals surface area contributed by atoms with E-state index in [2.05, 4.69) is 10.1 Å². The van der Waals surface area contributed by atoms with Gasteiger partial charge in [0, 0.05) is 0 Å². The first-order valence-corrected chi connectivity index (χ1v) is 5.80. The van der Waals surface area contributed by atoms with E-state index in [-0.39, 0.29) is 13.2 Å². The van der Waals surface area contributed by atoms with Gasteiger partial charge < -0.3 is 4.74 Å². The Morgan fingerprint density at radius 2 is 2.05 bits per heavy atom. The van der Waals surface area contributed by atoms with Crippen LogP contribution in [-0.4, -0.2) is 27.0 Å². The zero-order chi connectivity index (χ0) is 14.3. The summed E-state index contributed by atoms with van der Waals surface area (Å²) < 4.78 is 56.6. The molecule has 4 nitrogen and oxygen atoms in total. The highest BCUT2D eigenvalue weighted by Crippen LogP contribution is 2.29. The van der Waals surface area contributed by atoms with Gasteiger partial charge in [-0.15, -0.1) is 0 Å². The quantitative estimate of drug-likeness (QED) is 0.757. The Balaban J connectivity index is 1.89. The molecule has 0 saturated heterocycles. The Morgan fingerprint density at radius 3 is 2.70 bits per heavy atom. The number of halogens is 4. The fourth-order valence-electron chi connectivity index (χ4n) is 1.98. The number of fused-ring (bicyclic) bond motifs is 1. The zero-order valence-corrected chi connectivity index (χ0v) is 10.1. The summed E-state index contributed by atoms with van der Waals surface area (Å²) in [4.78, 5) is 3.85. The fraction of sp³-hybridized carbons (Fsp3) is 0.333. The fourth-order valence-corrected chi connectivity index (χ4v) is 1.98. The zero-order valence-electron chi connectivity index (χ0n) is 10.1. The van der Waals surface area contributed by atoms with E-state index in [1.165, 1.54) is 16.8 Å². The van der Waals surface area contributed by atoms with Crippen LogP contribution in [0.5, 0.6) is 0 Å². The average molecular weight is 287 g/mol. The summed E-state index contributed by atoms with van der Waals surface area (Å²) in [5.41, 5.74) is 1.33. The van der Waals surface area contributed by atoms with Crippen LogP contribution in [0.1, 0.15) is 5.69 Å². The van der Waals surface area contributed by atoms with Crippen LogP contribution in [0.25, 0.3) is 11.4 Å². The van der Waals surface area contributed by atoms with Crippen molar-refractivity contribution in [2.45, 2.75) is 25.4 Å². The lowest BCUT2D eigenvalue weighted by atomic mass is 10.2. The Morgan fingerprint density at radius 1 is 1.25 bits per heavy atom. The number of hydrogen-bond acceptors (Lipinski definition) is 3. The second-order valence-corrected chi connectivity index (χ2v) is 4.41. The van der Waals surface area contributed by atoms with Crippen LogP contribution in [-0.2, 0) is 17.9 Å². The Kier molecular flexibility index (Phi) is 2.97. The van der Waals surface area contributed by atoms with Gasteiger partial charge in [0.25, 0.3) is 0 Å². The van der Waals surface area contributed by atoms with Crippen LogP contribution in [0.15, 0.2) is 24.4 Å². The molecule has 0 fully saturated rings. The number of alkyl halides is 3. The highest BCUT2D eigenvalue weighted by Gasteiger charge is 2.43. The number of hydrogen-bond donors (Lipinski definition) is 0. The van der Waals surface area contributed by atoms with Crippen LogP contribution in [0.4, 0.5) is 17.6 Å². The summed E-state index contributed by atoms with van der Waals surface area (Å²) >= 11 is 0. The van der Waals surface area contributed by atoms with Gasteiger partial charge in [-0.1, -0.05) is 0 Å². The predicted molar refractivity (Wildman–Crippen MR) is 60.0 cm³/mol. The average Bonchev–Trinajstić information content (AvgIpc) is 2.81. The molecule has 3 heterocycles. The molecular formula is C12H9F4N3O. The van der Waals surface area contributed by atoms with Crippen LogP contribution < -0.4 is 0 Å². The van der Waals surface area contributed by atoms with Crippen molar-refractivity contribution in [3.63, 3.8) is 0 Å². The molecule has 2 aromatic rings. The van der Waals surface area contributed by atoms with Gasteiger partial charge in [0.1, 0.15) is 11.5 Å². The predicted octanol–water partition coefficient (Wildman–Crippen LogP) is 2.55. The first-order chi connectivity index (χ1) is 9.43. The van der Waals surface area contributed by atoms with Gasteiger partial charge in [0.2, 0.25) is 0 Å². The molecule has 1 aliphatic heterocycles. The molecule has 0 bridgehead atoms. The number of pyridine rings is 1. The molecule has 2 aromatic heterocycles. The second-order valence-electron chi connectivity index (χ2n) is 4.41. The largest absolute Gasteiger partial charge is 0.416 e. The normalized spacial score (nSPS) is 18.9. The maximum atomic E-state index is 12.8. The molecule has 20 heavy (non-hydrogen) atoms. The summed E-state index contributed by atoms with van der Waals surface area (Å²) in [6.45, 7) is -0.557. The SMILES string of the molecule is Fc1ccc(-c2cc3n(n2)CC(C(F)(F)F)OC3)nc1. The lowest BCUT2D eigenvalue weighted by molar-refractivity contribution is -0.234. The third-order valence-electron chi connectivity index (χ3n) is 2.99. The Labute approximate surface area is 111 Å². The van der Waals surface area contributed by atoms with Crippen molar-refractivity contribution in [1.82, 2.24) is 14.8 Å². The molecule has 8 heteroatoms. The van der Waals surface area contributed by atoms with Crippen molar-refractivity contribution in [2.24, 2.45) is 0 Å². The first-order valence-electron chi connectivity index (χ1n) is 5.80. The van der Waals surface area contributed by atoms with Crippen molar-refractivity contribution in [3.8, 4) is 11.4 Å². The van der Waals surface area contributed by atoms with Crippen LogP contribution in [0.2, 0.25) is 0 Å². The van der Waals surface area contributed by atoms with E-state index >= 15 is 0 Å². The molecule has 0 saturated carbocycles. The van der Waals surface area contributed by atoms with Gasteiger partial charge in [-0.25, -0.2) is 4.39 Å². The minimum Gasteiger partial charge on any atom is -0.361 e. The maximum absolute atomic E-state index is 12.8. The van der Waals surface area contributed by atoms with Crippen LogP contribution in [0, 0.1) is 5.82 Å². The van der Waals surface area contributed by atoms with Crippen molar-refractivity contribution in [2.75, 3.05) is 0 Å². The molecular weight excluding hydrogens is 278 g/mol. The smallest absolute Gasteiger partial charge is 0.361 e. The monoisotopic (exact) mass is 287 g/mol. The van der Waals surface area contributed by atoms with Crippen molar-refractivity contribution >= 4 is 0 Å². The number of nitrogens with zero attached hydrogens (tertiary/aromatic N) is 3. The number of ether oxygens (including phenoxy) is 1. The van der Waals surface area contributed by atoms with E-state index in [4.69, 9.17) is 4.74 Å². The van der Waals surface area contributed by atoms with Crippen molar-refractivity contribution < 1.29 is 22.3 Å². The molecule has 1 aliphatic rings. The number of aromatic nitrogens is 3. The Hall–Kier alpha value is -1.96. The van der Waals surface area contributed by atoms with E-state index in [0.29, 0.717) is 17.1 Å². The molecule has 0 aliphatic carbocycles. The molecule has 3 rings (SSSR count). The van der Waals surface area contributed by atoms with Crippen molar-refractivity contribution in [3.05, 3.63) is 35.9 Å². The van der Waals surface area contributed by atoms with Crippen molar-refractivity contribution in [1.29, 1.82) is 0 Å². The minimum atomic E-state index is -4.42. The van der Waals surface area contributed by atoms with E-state index < -0.39 is 18.1 Å². The lowest BCUT2D eigenvalue weighted by Crippen LogP contribution is -2.39. The Bertz CT molecular complexity index is 621. The molecule has 0 aromatic carbocycles. The molecule has 1 atom stereocenters. The van der Waals surface area contributed by atoms with E-state index in [1.54, 1.807) is 6.07 Å². The molecule has 0 spiro atoms. The van der Waals surface area contributed by atoms with Gasteiger partial charge in [0.05, 0.1) is 30.7 Å². The minimum absolute atomic E-state index is 0.168. The molecule has 0 amide bonds. The highest BCUT2D eigenvalue weighted by molar-refractivity contribution is 5.54. The van der Waals surface area contributed by atoms with Gasteiger partial charge in [-0.05, 0) is 18.2 Å². The highest BCUT2D eigenvalue weighted by atomic mass is 19.4. The van der Waals surface area contributed by atoms with Crippen LogP contribution >= 0.6 is 0 Å². The maximum Gasteiger partial charge on any atom is 0.416 e. The number of rotatable bonds is 1. The topological polar surface area (TPSA) is 39.9 Å². The second kappa shape index (κ2) is 4.55. The van der Waals surface area contributed by atoms with Gasteiger partial charge in [0.15, 0.2) is 6.10 Å². The van der Waals surface area contributed by atoms with E-state index in [1.807, 2.05) is 0 Å². The summed E-state index contributed by atoms with van der Waals surface area (Å²) in [6, 6.07) is 4.23. The summed E-state index contributed by atoms with van der Waals surface area (Å²) in [7, 11) is 0. The van der Waals surface area contributed by atoms with E-state index in [9.17, 15) is 17.6 Å². The summed E-state index contributed by atoms with van der Waals surface area (Å²) in [5.74, 6) is -0.488. The summed E-state index contributed by atoms with van der Waals surface area (Å²) in [5, 5.41) is 4.07. The third-order valence-corrected chi connectivity index (χ3v) is 2.99. The first kappa shape index (κ1) is 13.0. The van der Waals surface area contributed by atoms with Gasteiger partial charge in [-0.3, -0.25) is 9.67 Å². The van der Waals surface area contributed by atoms with E-state index in [0.717, 1.165) is 6.20 Å². The van der Waals surface area contributed by atoms with Crippen LogP contribution in [0.3, 0.4) is 0 Å². The molecule has 0 N–H and O–H groups in total. The molecule has 0 radical (unpaired) electrons. The molecule has 1 unspecified atom stereocenters. The summed E-state index contributed by atoms with van der Waals surface area (Å²) in [6.07, 6.45) is -5.25. The van der Waals surface area contributed by atoms with Gasteiger partial charge in [-0.2, -0.15) is 18.3 Å². The standard InChI is InChI=1S/C12H9F4N3O/c13-7-1-2-9(17-4-7)10-3-8-6-20-11(12(14,15)16)5-19(8)18-10/h1-4,11H,5-6H2.